The average Bonchev–Trinajstić information content (AvgIpc) is 3.97. The van der Waals surface area contributed by atoms with Crippen LogP contribution >= 0.6 is 11.6 Å². The number of halogens is 1. The van der Waals surface area contributed by atoms with Gasteiger partial charge in [-0.05, 0) is 98.6 Å². The summed E-state index contributed by atoms with van der Waals surface area (Å²) in [4.78, 5) is 56.9. The molecular weight excluding hydrogens is 752 g/mol. The van der Waals surface area contributed by atoms with Crippen molar-refractivity contribution in [3.63, 3.8) is 0 Å². The number of methoxy groups -OCH3 is 1. The molecule has 14 heteroatoms. The molecule has 0 radical (unpaired) electrons. The molecule has 3 aromatic heterocycles. The van der Waals surface area contributed by atoms with Crippen molar-refractivity contribution in [3.8, 4) is 17.2 Å². The van der Waals surface area contributed by atoms with Crippen LogP contribution in [-0.2, 0) is 11.3 Å². The number of ketones is 1. The van der Waals surface area contributed by atoms with Gasteiger partial charge in [0.25, 0.3) is 11.8 Å². The van der Waals surface area contributed by atoms with Gasteiger partial charge in [-0.3, -0.25) is 14.4 Å². The molecule has 1 aliphatic heterocycles. The second kappa shape index (κ2) is 14.7. The minimum Gasteiger partial charge on any atom is -0.508 e. The summed E-state index contributed by atoms with van der Waals surface area (Å²) >= 11 is 6.43. The molecule has 0 saturated carbocycles. The minimum absolute atomic E-state index is 0.0255. The second-order valence-electron chi connectivity index (χ2n) is 14.0. The molecule has 1 aliphatic rings. The van der Waals surface area contributed by atoms with Crippen LogP contribution in [0.15, 0.2) is 83.3 Å². The highest BCUT2D eigenvalue weighted by Gasteiger charge is 2.38. The number of carbonyl (C=O) groups is 4. The summed E-state index contributed by atoms with van der Waals surface area (Å²) in [6.45, 7) is 4.20. The molecule has 0 spiro atoms. The van der Waals surface area contributed by atoms with E-state index in [0.717, 1.165) is 5.52 Å². The van der Waals surface area contributed by atoms with E-state index in [4.69, 9.17) is 25.5 Å². The summed E-state index contributed by atoms with van der Waals surface area (Å²) in [5.41, 5.74) is 4.81. The summed E-state index contributed by atoms with van der Waals surface area (Å²) in [5, 5.41) is 25.8. The van der Waals surface area contributed by atoms with E-state index in [9.17, 15) is 29.4 Å². The number of fused-ring (bicyclic) bond motifs is 5. The van der Waals surface area contributed by atoms with Crippen molar-refractivity contribution in [1.82, 2.24) is 9.55 Å². The first-order valence-corrected chi connectivity index (χ1v) is 18.7. The fraction of sp³-hybridized carbons (Fsp3) is 0.209. The van der Waals surface area contributed by atoms with Gasteiger partial charge in [0, 0.05) is 69.6 Å². The van der Waals surface area contributed by atoms with E-state index in [1.165, 1.54) is 25.0 Å². The Balaban J connectivity index is 1.03. The van der Waals surface area contributed by atoms with Crippen molar-refractivity contribution >= 4 is 79.3 Å². The Bertz CT molecular complexity index is 2760. The summed E-state index contributed by atoms with van der Waals surface area (Å²) < 4.78 is 18.8. The molecule has 4 aromatic carbocycles. The Hall–Kier alpha value is -6.73. The second-order valence-corrected chi connectivity index (χ2v) is 14.3. The number of phenolic OH excluding ortho intramolecular Hbond substituents is 2. The van der Waals surface area contributed by atoms with Gasteiger partial charge in [-0.15, -0.1) is 11.6 Å². The number of aromatic nitrogens is 2. The summed E-state index contributed by atoms with van der Waals surface area (Å²) in [6.07, 6.45) is 0.562. The van der Waals surface area contributed by atoms with Gasteiger partial charge in [0.15, 0.2) is 11.5 Å². The number of nitrogens with one attached hydrogen (secondary N) is 2. The number of benzene rings is 4. The number of amides is 2. The molecule has 2 amide bonds. The van der Waals surface area contributed by atoms with Gasteiger partial charge in [0.2, 0.25) is 0 Å². The number of phenols is 2. The average molecular weight is 789 g/mol. The molecule has 8 rings (SSSR count). The molecule has 0 bridgehead atoms. The van der Waals surface area contributed by atoms with Crippen LogP contribution in [0.4, 0.5) is 11.4 Å². The molecular formula is C43H37ClN4O9. The van der Waals surface area contributed by atoms with Crippen LogP contribution < -0.4 is 15.0 Å². The first-order chi connectivity index (χ1) is 27.4. The standard InChI is InChI=1S/C43H37ClN4O9/c1-22-37(43(54)55-3)39-38-27(20-44)21-48(32(38)19-34(51)40(39)45-22)42(53)36-18-26-15-28(7-12-35(26)57-36)46-41(52)33-17-25-16-29(50)8-11-31(25)47(33)13-4-14-56-30-9-5-24(6-10-30)23(2)49/h5-12,15-19,27,45,50-51H,4,13-14,20-21H2,1-3H3,(H,46,52)/t27-/m1/s1. The predicted octanol–water partition coefficient (Wildman–Crippen LogP) is 8.28. The zero-order valence-electron chi connectivity index (χ0n) is 31.1. The Kier molecular flexibility index (Phi) is 9.62. The number of carbonyl (C=O) groups excluding carboxylic acids is 4. The van der Waals surface area contributed by atoms with E-state index in [0.29, 0.717) is 86.5 Å². The lowest BCUT2D eigenvalue weighted by Crippen LogP contribution is -2.29. The Labute approximate surface area is 330 Å². The number of alkyl halides is 1. The lowest BCUT2D eigenvalue weighted by molar-refractivity contribution is 0.0601. The number of aromatic amines is 1. The third kappa shape index (κ3) is 6.69. The molecule has 7 aromatic rings. The quantitative estimate of drug-likeness (QED) is 0.0435. The molecule has 0 aliphatic carbocycles. The first kappa shape index (κ1) is 37.2. The lowest BCUT2D eigenvalue weighted by atomic mass is 9.95. The highest BCUT2D eigenvalue weighted by Crippen LogP contribution is 2.47. The lowest BCUT2D eigenvalue weighted by Gasteiger charge is -2.16. The number of anilines is 2. The van der Waals surface area contributed by atoms with Gasteiger partial charge in [-0.25, -0.2) is 4.79 Å². The maximum absolute atomic E-state index is 14.1. The van der Waals surface area contributed by atoms with Crippen molar-refractivity contribution in [1.29, 1.82) is 0 Å². The van der Waals surface area contributed by atoms with Crippen LogP contribution in [0.1, 0.15) is 72.3 Å². The van der Waals surface area contributed by atoms with Crippen molar-refractivity contribution in [2.45, 2.75) is 32.7 Å². The highest BCUT2D eigenvalue weighted by molar-refractivity contribution is 6.20. The number of esters is 1. The van der Waals surface area contributed by atoms with Crippen LogP contribution in [0.3, 0.4) is 0 Å². The molecule has 57 heavy (non-hydrogen) atoms. The van der Waals surface area contributed by atoms with Crippen molar-refractivity contribution in [3.05, 3.63) is 113 Å². The fourth-order valence-electron chi connectivity index (χ4n) is 7.66. The smallest absolute Gasteiger partial charge is 0.340 e. The minimum atomic E-state index is -0.578. The van der Waals surface area contributed by atoms with Crippen LogP contribution in [0.2, 0.25) is 0 Å². The Morgan fingerprint density at radius 3 is 2.51 bits per heavy atom. The predicted molar refractivity (Wildman–Crippen MR) is 216 cm³/mol. The molecule has 1 atom stereocenters. The topological polar surface area (TPSA) is 176 Å². The number of furan rings is 1. The largest absolute Gasteiger partial charge is 0.508 e. The van der Waals surface area contributed by atoms with Crippen LogP contribution in [0.25, 0.3) is 32.8 Å². The van der Waals surface area contributed by atoms with Gasteiger partial charge in [-0.2, -0.15) is 0 Å². The molecule has 4 heterocycles. The van der Waals surface area contributed by atoms with E-state index in [1.807, 2.05) is 4.57 Å². The summed E-state index contributed by atoms with van der Waals surface area (Å²) in [5.74, 6) is -1.06. The summed E-state index contributed by atoms with van der Waals surface area (Å²) in [7, 11) is 1.28. The molecule has 0 fully saturated rings. The van der Waals surface area contributed by atoms with E-state index in [2.05, 4.69) is 10.3 Å². The Morgan fingerprint density at radius 2 is 1.77 bits per heavy atom. The number of rotatable bonds is 11. The van der Waals surface area contributed by atoms with Gasteiger partial charge in [0.1, 0.15) is 28.5 Å². The third-order valence-corrected chi connectivity index (χ3v) is 10.7. The molecule has 0 unspecified atom stereocenters. The number of aromatic hydroxyl groups is 2. The van der Waals surface area contributed by atoms with E-state index in [1.54, 1.807) is 79.7 Å². The van der Waals surface area contributed by atoms with Gasteiger partial charge in [-0.1, -0.05) is 0 Å². The number of hydrogen-bond acceptors (Lipinski definition) is 9. The van der Waals surface area contributed by atoms with Crippen LogP contribution in [-0.4, -0.2) is 69.5 Å². The number of H-pyrrole nitrogens is 1. The van der Waals surface area contributed by atoms with Crippen LogP contribution in [0, 0.1) is 6.92 Å². The maximum atomic E-state index is 14.1. The molecule has 290 valence electrons. The van der Waals surface area contributed by atoms with Crippen molar-refractivity contribution in [2.24, 2.45) is 0 Å². The molecule has 13 nitrogen and oxygen atoms in total. The molecule has 4 N–H and O–H groups in total. The number of nitrogens with zero attached hydrogens (tertiary/aromatic N) is 2. The van der Waals surface area contributed by atoms with Gasteiger partial charge >= 0.3 is 5.97 Å². The number of aryl methyl sites for hydroxylation is 2. The molecule has 0 saturated heterocycles. The normalized spacial score (nSPS) is 13.7. The number of Topliss-reactive ketones (excluding diaryl/α,β-unsaturated/α-hetero) is 1. The van der Waals surface area contributed by atoms with Crippen molar-refractivity contribution < 1.29 is 43.3 Å². The van der Waals surface area contributed by atoms with Crippen LogP contribution in [0.5, 0.6) is 17.2 Å². The third-order valence-electron chi connectivity index (χ3n) is 10.3. The maximum Gasteiger partial charge on any atom is 0.340 e. The van der Waals surface area contributed by atoms with Gasteiger partial charge < -0.3 is 43.9 Å². The number of hydrogen-bond donors (Lipinski definition) is 4. The zero-order chi connectivity index (χ0) is 40.1. The first-order valence-electron chi connectivity index (χ1n) is 18.2. The SMILES string of the molecule is COC(=O)c1c(C)[nH]c2c(O)cc3c(c12)[C@H](CCl)CN3C(=O)c1cc2cc(NC(=O)c3cc4cc(O)ccc4n3CCCOc3ccc(C(C)=O)cc3)ccc2o1. The van der Waals surface area contributed by atoms with E-state index in [-0.39, 0.29) is 52.9 Å². The van der Waals surface area contributed by atoms with E-state index >= 15 is 0 Å². The Morgan fingerprint density at radius 1 is 0.982 bits per heavy atom. The van der Waals surface area contributed by atoms with E-state index < -0.39 is 11.9 Å². The zero-order valence-corrected chi connectivity index (χ0v) is 31.9. The van der Waals surface area contributed by atoms with Gasteiger partial charge in [0.05, 0.1) is 30.5 Å². The van der Waals surface area contributed by atoms with Crippen molar-refractivity contribution in [2.75, 3.05) is 36.4 Å². The fourth-order valence-corrected chi connectivity index (χ4v) is 7.91. The monoisotopic (exact) mass is 788 g/mol. The summed E-state index contributed by atoms with van der Waals surface area (Å²) in [6, 6.07) is 21.7. The number of ether oxygens (including phenoxy) is 2. The highest BCUT2D eigenvalue weighted by atomic mass is 35.5.